The van der Waals surface area contributed by atoms with Gasteiger partial charge >= 0.3 is 5.97 Å². The van der Waals surface area contributed by atoms with Crippen LogP contribution in [0, 0.1) is 0 Å². The molecule has 10 heteroatoms. The lowest BCUT2D eigenvalue weighted by molar-refractivity contribution is -0.220. The van der Waals surface area contributed by atoms with Crippen molar-refractivity contribution in [3.63, 3.8) is 0 Å². The summed E-state index contributed by atoms with van der Waals surface area (Å²) in [6, 6.07) is 8.10. The van der Waals surface area contributed by atoms with Crippen LogP contribution in [-0.2, 0) is 33.2 Å². The molecule has 0 bridgehead atoms. The molecule has 1 aromatic rings. The molecule has 0 aliphatic carbocycles. The van der Waals surface area contributed by atoms with Crippen molar-refractivity contribution in [2.45, 2.75) is 50.4 Å². The van der Waals surface area contributed by atoms with Gasteiger partial charge in [0.1, 0.15) is 24.9 Å². The number of esters is 1. The molecule has 8 nitrogen and oxygen atoms in total. The van der Waals surface area contributed by atoms with Gasteiger partial charge in [-0.05, 0) is 26.0 Å². The highest BCUT2D eigenvalue weighted by molar-refractivity contribution is 7.86. The van der Waals surface area contributed by atoms with Gasteiger partial charge < -0.3 is 18.9 Å². The predicted octanol–water partition coefficient (Wildman–Crippen LogP) is 1.40. The zero-order valence-electron chi connectivity index (χ0n) is 15.0. The van der Waals surface area contributed by atoms with Gasteiger partial charge in [-0.25, -0.2) is 9.18 Å². The van der Waals surface area contributed by atoms with E-state index in [0.717, 1.165) is 6.26 Å². The second-order valence-electron chi connectivity index (χ2n) is 6.82. The Labute approximate surface area is 156 Å². The van der Waals surface area contributed by atoms with Crippen molar-refractivity contribution in [1.82, 2.24) is 0 Å². The minimum Gasteiger partial charge on any atom is -0.459 e. The quantitative estimate of drug-likeness (QED) is 0.519. The minimum atomic E-state index is -3.96. The number of benzene rings is 1. The van der Waals surface area contributed by atoms with Crippen molar-refractivity contribution in [1.29, 1.82) is 0 Å². The molecule has 1 aromatic carbocycles. The molecule has 0 radical (unpaired) electrons. The van der Waals surface area contributed by atoms with E-state index in [1.54, 1.807) is 32.0 Å². The lowest BCUT2D eigenvalue weighted by Gasteiger charge is -2.26. The van der Waals surface area contributed by atoms with Crippen molar-refractivity contribution in [2.75, 3.05) is 12.9 Å². The molecule has 0 aromatic heterocycles. The molecule has 0 saturated carbocycles. The van der Waals surface area contributed by atoms with E-state index in [2.05, 4.69) is 0 Å². The van der Waals surface area contributed by atoms with Crippen LogP contribution in [0.3, 0.4) is 0 Å². The topological polar surface area (TPSA) is 97.4 Å². The zero-order chi connectivity index (χ0) is 19.8. The number of hydrogen-bond acceptors (Lipinski definition) is 8. The molecule has 150 valence electrons. The second-order valence-corrected chi connectivity index (χ2v) is 8.42. The third kappa shape index (κ3) is 4.82. The van der Waals surface area contributed by atoms with Gasteiger partial charge in [0.05, 0.1) is 11.8 Å². The van der Waals surface area contributed by atoms with Gasteiger partial charge in [0.25, 0.3) is 10.1 Å². The van der Waals surface area contributed by atoms with E-state index in [1.807, 2.05) is 0 Å². The third-order valence-corrected chi connectivity index (χ3v) is 4.66. The molecular weight excluding hydrogens is 383 g/mol. The molecule has 0 unspecified atom stereocenters. The number of alkyl halides is 1. The van der Waals surface area contributed by atoms with E-state index in [1.165, 1.54) is 12.1 Å². The normalized spacial score (nSPS) is 30.7. The Morgan fingerprint density at radius 1 is 1.26 bits per heavy atom. The molecule has 2 aliphatic rings. The summed E-state index contributed by atoms with van der Waals surface area (Å²) in [5.74, 6) is -1.71. The van der Waals surface area contributed by atoms with Crippen LogP contribution in [0.1, 0.15) is 24.2 Å². The summed E-state index contributed by atoms with van der Waals surface area (Å²) in [4.78, 5) is 12.1. The molecule has 2 heterocycles. The summed E-state index contributed by atoms with van der Waals surface area (Å²) in [7, 11) is -3.96. The summed E-state index contributed by atoms with van der Waals surface area (Å²) in [6.45, 7) is 2.71. The maximum absolute atomic E-state index is 14.8. The van der Waals surface area contributed by atoms with Crippen LogP contribution in [0.5, 0.6) is 0 Å². The number of rotatable bonds is 6. The Bertz CT molecular complexity index is 781. The SMILES string of the molecule is CC1(C)O[C@H]2O[C@@H]([C@@H](COC(=O)c3ccccc3)OS(C)(=O)=O)[C@H](F)[C@H]2O1. The highest BCUT2D eigenvalue weighted by Gasteiger charge is 2.58. The van der Waals surface area contributed by atoms with Crippen LogP contribution in [0.2, 0.25) is 0 Å². The molecule has 0 amide bonds. The Hall–Kier alpha value is -1.59. The fourth-order valence-corrected chi connectivity index (χ4v) is 3.62. The van der Waals surface area contributed by atoms with Crippen molar-refractivity contribution < 1.29 is 40.7 Å². The van der Waals surface area contributed by atoms with Crippen LogP contribution < -0.4 is 0 Å². The largest absolute Gasteiger partial charge is 0.459 e. The van der Waals surface area contributed by atoms with Crippen LogP contribution in [-0.4, -0.2) is 63.8 Å². The fourth-order valence-electron chi connectivity index (χ4n) is 3.01. The first-order valence-corrected chi connectivity index (χ1v) is 10.1. The average molecular weight is 404 g/mol. The summed E-state index contributed by atoms with van der Waals surface area (Å²) in [5, 5.41) is 0. The smallest absolute Gasteiger partial charge is 0.338 e. The minimum absolute atomic E-state index is 0.269. The van der Waals surface area contributed by atoms with E-state index in [4.69, 9.17) is 23.1 Å². The van der Waals surface area contributed by atoms with E-state index in [-0.39, 0.29) is 5.56 Å². The number of fused-ring (bicyclic) bond motifs is 1. The average Bonchev–Trinajstić information content (AvgIpc) is 3.04. The van der Waals surface area contributed by atoms with Gasteiger partial charge in [0.15, 0.2) is 18.2 Å². The first kappa shape index (κ1) is 20.2. The van der Waals surface area contributed by atoms with Gasteiger partial charge in [-0.1, -0.05) is 18.2 Å². The Morgan fingerprint density at radius 3 is 2.52 bits per heavy atom. The number of carbonyl (C=O) groups excluding carboxylic acids is 1. The van der Waals surface area contributed by atoms with E-state index >= 15 is 0 Å². The number of hydrogen-bond donors (Lipinski definition) is 0. The Kier molecular flexibility index (Phi) is 5.55. The lowest BCUT2D eigenvalue weighted by Crippen LogP contribution is -2.43. The highest BCUT2D eigenvalue weighted by atomic mass is 32.2. The molecule has 2 aliphatic heterocycles. The molecule has 0 N–H and O–H groups in total. The van der Waals surface area contributed by atoms with E-state index in [0.29, 0.717) is 0 Å². The lowest BCUT2D eigenvalue weighted by atomic mass is 10.1. The summed E-state index contributed by atoms with van der Waals surface area (Å²) >= 11 is 0. The highest BCUT2D eigenvalue weighted by Crippen LogP contribution is 2.40. The maximum Gasteiger partial charge on any atom is 0.338 e. The van der Waals surface area contributed by atoms with Crippen LogP contribution in [0.25, 0.3) is 0 Å². The molecule has 27 heavy (non-hydrogen) atoms. The molecule has 0 spiro atoms. The molecule has 5 atom stereocenters. The third-order valence-electron chi connectivity index (χ3n) is 4.06. The van der Waals surface area contributed by atoms with E-state index in [9.17, 15) is 17.6 Å². The zero-order valence-corrected chi connectivity index (χ0v) is 15.8. The first-order chi connectivity index (χ1) is 12.6. The molecular formula is C17H21FO8S. The number of ether oxygens (including phenoxy) is 4. The summed E-state index contributed by atoms with van der Waals surface area (Å²) in [6.07, 6.45) is -5.66. The summed E-state index contributed by atoms with van der Waals surface area (Å²) in [5.41, 5.74) is 0.269. The predicted molar refractivity (Wildman–Crippen MR) is 90.0 cm³/mol. The Morgan fingerprint density at radius 2 is 1.93 bits per heavy atom. The number of carbonyl (C=O) groups is 1. The van der Waals surface area contributed by atoms with Crippen molar-refractivity contribution in [3.05, 3.63) is 35.9 Å². The van der Waals surface area contributed by atoms with Gasteiger partial charge in [-0.2, -0.15) is 8.42 Å². The molecule has 3 rings (SSSR count). The van der Waals surface area contributed by atoms with Crippen LogP contribution >= 0.6 is 0 Å². The number of halogens is 1. The van der Waals surface area contributed by atoms with Crippen molar-refractivity contribution in [2.24, 2.45) is 0 Å². The van der Waals surface area contributed by atoms with E-state index < -0.39 is 59.3 Å². The van der Waals surface area contributed by atoms with Crippen molar-refractivity contribution in [3.8, 4) is 0 Å². The second kappa shape index (κ2) is 7.44. The van der Waals surface area contributed by atoms with Gasteiger partial charge in [0.2, 0.25) is 0 Å². The first-order valence-electron chi connectivity index (χ1n) is 8.31. The molecule has 2 fully saturated rings. The monoisotopic (exact) mass is 404 g/mol. The Balaban J connectivity index is 1.70. The van der Waals surface area contributed by atoms with Gasteiger partial charge in [-0.3, -0.25) is 4.18 Å². The standard InChI is InChI=1S/C17H21FO8S/c1-17(2)24-14-12(18)13(23-16(14)25-17)11(26-27(3,20)21)9-22-15(19)10-7-5-4-6-8-10/h4-8,11-14,16H,9H2,1-3H3/t11-,12+,13+,14-,16-/m1/s1. The summed E-state index contributed by atoms with van der Waals surface area (Å²) < 4.78 is 64.3. The van der Waals surface area contributed by atoms with Crippen molar-refractivity contribution >= 4 is 16.1 Å². The van der Waals surface area contributed by atoms with Gasteiger partial charge in [0, 0.05) is 0 Å². The van der Waals surface area contributed by atoms with Crippen LogP contribution in [0.15, 0.2) is 30.3 Å². The van der Waals surface area contributed by atoms with Crippen LogP contribution in [0.4, 0.5) is 4.39 Å². The molecule has 2 saturated heterocycles. The van der Waals surface area contributed by atoms with Gasteiger partial charge in [-0.15, -0.1) is 0 Å². The maximum atomic E-state index is 14.8. The fraction of sp³-hybridized carbons (Fsp3) is 0.588.